The minimum atomic E-state index is -1.56. The van der Waals surface area contributed by atoms with Crippen molar-refractivity contribution in [1.82, 2.24) is 5.32 Å². The summed E-state index contributed by atoms with van der Waals surface area (Å²) < 4.78 is 9.37. The summed E-state index contributed by atoms with van der Waals surface area (Å²) in [6, 6.07) is 3.36. The highest BCUT2D eigenvalue weighted by Gasteiger charge is 2.33. The number of carbonyl (C=O) groups is 4. The third kappa shape index (κ3) is 7.02. The van der Waals surface area contributed by atoms with Gasteiger partial charge in [0.05, 0.1) is 18.0 Å². The van der Waals surface area contributed by atoms with Crippen LogP contribution in [-0.2, 0) is 28.7 Å². The van der Waals surface area contributed by atoms with Gasteiger partial charge in [-0.3, -0.25) is 24.5 Å². The molecule has 152 valence electrons. The smallest absolute Gasteiger partial charge is 0.326 e. The van der Waals surface area contributed by atoms with E-state index in [1.165, 1.54) is 12.1 Å². The Morgan fingerprint density at radius 3 is 2.25 bits per heavy atom. The van der Waals surface area contributed by atoms with E-state index in [0.29, 0.717) is 0 Å². The first-order valence-corrected chi connectivity index (χ1v) is 8.21. The van der Waals surface area contributed by atoms with E-state index >= 15 is 0 Å². The topological polar surface area (TPSA) is 162 Å². The maximum Gasteiger partial charge on any atom is 0.326 e. The number of hydrogen-bond donors (Lipinski definition) is 2. The Morgan fingerprint density at radius 2 is 1.79 bits per heavy atom. The first kappa shape index (κ1) is 22.5. The van der Waals surface area contributed by atoms with E-state index in [2.05, 4.69) is 10.1 Å². The van der Waals surface area contributed by atoms with Crippen LogP contribution in [0.5, 0.6) is 0 Å². The van der Waals surface area contributed by atoms with Gasteiger partial charge >= 0.3 is 17.9 Å². The minimum Gasteiger partial charge on any atom is -0.480 e. The van der Waals surface area contributed by atoms with Crippen molar-refractivity contribution in [1.29, 1.82) is 0 Å². The van der Waals surface area contributed by atoms with Gasteiger partial charge in [0.25, 0.3) is 11.6 Å². The van der Waals surface area contributed by atoms with Crippen molar-refractivity contribution in [3.63, 3.8) is 0 Å². The Kier molecular flexibility index (Phi) is 8.53. The number of ether oxygens (including phenoxy) is 2. The van der Waals surface area contributed by atoms with Crippen molar-refractivity contribution in [2.75, 3.05) is 13.2 Å². The third-order valence-corrected chi connectivity index (χ3v) is 3.62. The average Bonchev–Trinajstić information content (AvgIpc) is 2.63. The van der Waals surface area contributed by atoms with E-state index in [9.17, 15) is 34.4 Å². The van der Waals surface area contributed by atoms with Gasteiger partial charge in [0, 0.05) is 25.0 Å². The SMILES string of the molecule is CCOC(=O)C[C@H](c1ccc([N+](=O)[O-])cc1)[C@@H](NC(=O)COC(C)=O)C(=O)O. The molecule has 0 saturated carbocycles. The standard InChI is InChI=1S/C17H20N2O9/c1-3-27-15(22)8-13(11-4-6-12(7-5-11)19(25)26)16(17(23)24)18-14(21)9-28-10(2)20/h4-7,13,16H,3,8-9H2,1-2H3,(H,18,21)(H,23,24)/t13-,16-/m1/s1. The second-order valence-corrected chi connectivity index (χ2v) is 5.63. The number of nitro benzene ring substituents is 1. The minimum absolute atomic E-state index is 0.0718. The van der Waals surface area contributed by atoms with Crippen LogP contribution in [-0.4, -0.2) is 53.1 Å². The summed E-state index contributed by atoms with van der Waals surface area (Å²) in [6.07, 6.45) is -0.392. The average molecular weight is 396 g/mol. The van der Waals surface area contributed by atoms with E-state index in [4.69, 9.17) is 4.74 Å². The van der Waals surface area contributed by atoms with Crippen molar-refractivity contribution >= 4 is 29.5 Å². The maximum absolute atomic E-state index is 11.9. The number of amides is 1. The van der Waals surface area contributed by atoms with Crippen LogP contribution < -0.4 is 5.32 Å². The van der Waals surface area contributed by atoms with Gasteiger partial charge in [0.15, 0.2) is 6.61 Å². The molecule has 1 aromatic rings. The van der Waals surface area contributed by atoms with Gasteiger partial charge in [-0.25, -0.2) is 4.79 Å². The third-order valence-electron chi connectivity index (χ3n) is 3.62. The number of rotatable bonds is 10. The van der Waals surface area contributed by atoms with E-state index in [-0.39, 0.29) is 17.9 Å². The molecule has 0 unspecified atom stereocenters. The molecule has 0 aliphatic heterocycles. The fourth-order valence-corrected chi connectivity index (χ4v) is 2.39. The number of carboxylic acids is 1. The highest BCUT2D eigenvalue weighted by molar-refractivity contribution is 5.86. The summed E-state index contributed by atoms with van der Waals surface area (Å²) in [5.74, 6) is -4.81. The van der Waals surface area contributed by atoms with Crippen molar-refractivity contribution in [2.45, 2.75) is 32.2 Å². The highest BCUT2D eigenvalue weighted by atomic mass is 16.6. The number of benzene rings is 1. The molecule has 2 atom stereocenters. The van der Waals surface area contributed by atoms with Crippen molar-refractivity contribution < 1.29 is 38.7 Å². The van der Waals surface area contributed by atoms with Gasteiger partial charge in [-0.1, -0.05) is 12.1 Å². The molecule has 0 radical (unpaired) electrons. The summed E-state index contributed by atoms with van der Waals surface area (Å²) in [6.45, 7) is 2.05. The van der Waals surface area contributed by atoms with E-state index in [1.807, 2.05) is 0 Å². The molecule has 0 heterocycles. The van der Waals surface area contributed by atoms with Crippen LogP contribution >= 0.6 is 0 Å². The number of nitrogens with one attached hydrogen (secondary N) is 1. The molecule has 0 bridgehead atoms. The van der Waals surface area contributed by atoms with E-state index in [1.54, 1.807) is 6.92 Å². The second-order valence-electron chi connectivity index (χ2n) is 5.63. The van der Waals surface area contributed by atoms with Crippen LogP contribution in [0.2, 0.25) is 0 Å². The molecule has 11 heteroatoms. The molecule has 0 spiro atoms. The Hall–Kier alpha value is -3.50. The quantitative estimate of drug-likeness (QED) is 0.330. The lowest BCUT2D eigenvalue weighted by Crippen LogP contribution is -2.47. The summed E-state index contributed by atoms with van der Waals surface area (Å²) in [5, 5.41) is 22.5. The van der Waals surface area contributed by atoms with E-state index < -0.39 is 53.7 Å². The fourth-order valence-electron chi connectivity index (χ4n) is 2.39. The molecule has 0 saturated heterocycles. The van der Waals surface area contributed by atoms with Crippen LogP contribution in [0.15, 0.2) is 24.3 Å². The Balaban J connectivity index is 3.15. The van der Waals surface area contributed by atoms with Crippen LogP contribution in [0.1, 0.15) is 31.7 Å². The summed E-state index contributed by atoms with van der Waals surface area (Å²) >= 11 is 0. The zero-order valence-electron chi connectivity index (χ0n) is 15.2. The van der Waals surface area contributed by atoms with Crippen LogP contribution in [0, 0.1) is 10.1 Å². The maximum atomic E-state index is 11.9. The number of esters is 2. The molecule has 0 aliphatic rings. The first-order chi connectivity index (χ1) is 13.1. The van der Waals surface area contributed by atoms with Crippen molar-refractivity contribution in [3.8, 4) is 0 Å². The number of aliphatic carboxylic acids is 1. The molecular formula is C17H20N2O9. The highest BCUT2D eigenvalue weighted by Crippen LogP contribution is 2.27. The number of non-ortho nitro benzene ring substituents is 1. The number of nitro groups is 1. The second kappa shape index (κ2) is 10.6. The summed E-state index contributed by atoms with van der Waals surface area (Å²) in [7, 11) is 0. The molecule has 28 heavy (non-hydrogen) atoms. The predicted octanol–water partition coefficient (Wildman–Crippen LogP) is 0.764. The molecule has 0 fully saturated rings. The predicted molar refractivity (Wildman–Crippen MR) is 93.3 cm³/mol. The number of hydrogen-bond acceptors (Lipinski definition) is 8. The van der Waals surface area contributed by atoms with Gasteiger partial charge in [0.2, 0.25) is 0 Å². The lowest BCUT2D eigenvalue weighted by Gasteiger charge is -2.24. The number of carboxylic acid groups (broad SMARTS) is 1. The first-order valence-electron chi connectivity index (χ1n) is 8.21. The lowest BCUT2D eigenvalue weighted by atomic mass is 9.88. The molecule has 2 N–H and O–H groups in total. The van der Waals surface area contributed by atoms with Crippen molar-refractivity contribution in [2.24, 2.45) is 0 Å². The molecule has 11 nitrogen and oxygen atoms in total. The zero-order valence-corrected chi connectivity index (χ0v) is 15.2. The Labute approximate surface area is 159 Å². The van der Waals surface area contributed by atoms with Crippen LogP contribution in [0.3, 0.4) is 0 Å². The Bertz CT molecular complexity index is 745. The molecule has 0 aromatic heterocycles. The summed E-state index contributed by atoms with van der Waals surface area (Å²) in [5.41, 5.74) is 0.0586. The molecule has 1 rings (SSSR count). The van der Waals surface area contributed by atoms with Gasteiger partial charge < -0.3 is 19.9 Å². The molecule has 1 aromatic carbocycles. The molecule has 0 aliphatic carbocycles. The zero-order chi connectivity index (χ0) is 21.3. The largest absolute Gasteiger partial charge is 0.480 e. The number of nitrogens with zero attached hydrogens (tertiary/aromatic N) is 1. The lowest BCUT2D eigenvalue weighted by molar-refractivity contribution is -0.384. The normalized spacial score (nSPS) is 12.4. The monoisotopic (exact) mass is 396 g/mol. The van der Waals surface area contributed by atoms with E-state index in [0.717, 1.165) is 19.1 Å². The van der Waals surface area contributed by atoms with Gasteiger partial charge in [-0.05, 0) is 12.5 Å². The Morgan fingerprint density at radius 1 is 1.18 bits per heavy atom. The van der Waals surface area contributed by atoms with Crippen molar-refractivity contribution in [3.05, 3.63) is 39.9 Å². The van der Waals surface area contributed by atoms with Gasteiger partial charge in [0.1, 0.15) is 6.04 Å². The van der Waals surface area contributed by atoms with Gasteiger partial charge in [-0.2, -0.15) is 0 Å². The van der Waals surface area contributed by atoms with Crippen LogP contribution in [0.25, 0.3) is 0 Å². The van der Waals surface area contributed by atoms with Crippen LogP contribution in [0.4, 0.5) is 5.69 Å². The van der Waals surface area contributed by atoms with Gasteiger partial charge in [-0.15, -0.1) is 0 Å². The number of carbonyl (C=O) groups excluding carboxylic acids is 3. The molecular weight excluding hydrogens is 376 g/mol. The fraction of sp³-hybridized carbons (Fsp3) is 0.412. The summed E-state index contributed by atoms with van der Waals surface area (Å²) in [4.78, 5) is 56.5. The molecule has 1 amide bonds.